The largest absolute Gasteiger partial charge is 0.494 e. The molecule has 0 unspecified atom stereocenters. The van der Waals surface area contributed by atoms with Gasteiger partial charge in [0.2, 0.25) is 0 Å². The minimum absolute atomic E-state index is 0.0765. The van der Waals surface area contributed by atoms with E-state index in [2.05, 4.69) is 9.55 Å². The Bertz CT molecular complexity index is 1770. The molecule has 0 spiro atoms. The number of carboxylic acids is 1. The quantitative estimate of drug-likeness (QED) is 0.289. The first-order chi connectivity index (χ1) is 18.9. The highest BCUT2D eigenvalue weighted by molar-refractivity contribution is 5.96. The average molecular weight is 529 g/mol. The van der Waals surface area contributed by atoms with Crippen LogP contribution in [0.2, 0.25) is 0 Å². The standard InChI is InChI=1S/C30H26F2N4O3/c1-39-24-15-20(29(37)38)13-22-26(24)36-16-17-6-4-7-18(12-17)25-21(30(25,31)32)9-2-3-11-35-23(28(36)34-22)14-19-8-5-10-33-27(19)35/h4-8,10,12-15,21,25H,2-3,9,11,16H2,1H3,(H,37,38)/t21-,25+/m1/s1. The Morgan fingerprint density at radius 1 is 1.10 bits per heavy atom. The van der Waals surface area contributed by atoms with Crippen LogP contribution in [0.25, 0.3) is 33.6 Å². The van der Waals surface area contributed by atoms with E-state index in [1.165, 1.54) is 13.2 Å². The number of carboxylic acid groups (broad SMARTS) is 1. The maximum absolute atomic E-state index is 14.9. The number of carbonyl (C=O) groups is 1. The van der Waals surface area contributed by atoms with Crippen LogP contribution in [0.5, 0.6) is 5.75 Å². The molecule has 1 saturated carbocycles. The van der Waals surface area contributed by atoms with E-state index < -0.39 is 23.7 Å². The minimum Gasteiger partial charge on any atom is -0.494 e. The third kappa shape index (κ3) is 3.71. The first-order valence-corrected chi connectivity index (χ1v) is 13.1. The second-order valence-corrected chi connectivity index (χ2v) is 10.5. The number of alkyl halides is 2. The summed E-state index contributed by atoms with van der Waals surface area (Å²) < 4.78 is 39.5. The van der Waals surface area contributed by atoms with E-state index in [0.717, 1.165) is 28.7 Å². The summed E-state index contributed by atoms with van der Waals surface area (Å²) in [6.07, 6.45) is 3.61. The molecule has 7 rings (SSSR count). The molecule has 0 amide bonds. The smallest absolute Gasteiger partial charge is 0.335 e. The van der Waals surface area contributed by atoms with Gasteiger partial charge in [0.05, 0.1) is 29.8 Å². The molecule has 2 aromatic carbocycles. The Hall–Kier alpha value is -4.27. The van der Waals surface area contributed by atoms with E-state index >= 15 is 0 Å². The predicted octanol–water partition coefficient (Wildman–Crippen LogP) is 6.34. The van der Waals surface area contributed by atoms with Crippen molar-refractivity contribution in [1.29, 1.82) is 0 Å². The minimum atomic E-state index is -2.70. The summed E-state index contributed by atoms with van der Waals surface area (Å²) in [7, 11) is 1.50. The SMILES string of the molecule is COc1cc(C(=O)O)cc2nc3n(c12)Cc1cccc(c1)[C@H]1[C@@H](CCCCn2c-3cc3cccnc32)C1(F)F. The van der Waals surface area contributed by atoms with Gasteiger partial charge < -0.3 is 19.0 Å². The predicted molar refractivity (Wildman–Crippen MR) is 143 cm³/mol. The van der Waals surface area contributed by atoms with Crippen LogP contribution < -0.4 is 4.74 Å². The van der Waals surface area contributed by atoms with Crippen molar-refractivity contribution in [3.8, 4) is 17.3 Å². The van der Waals surface area contributed by atoms with Crippen molar-refractivity contribution >= 4 is 28.0 Å². The maximum atomic E-state index is 14.9. The van der Waals surface area contributed by atoms with Gasteiger partial charge in [-0.05, 0) is 54.3 Å². The number of hydrogen-bond donors (Lipinski definition) is 1. The molecule has 2 bridgehead atoms. The second kappa shape index (κ2) is 8.62. The molecule has 7 nitrogen and oxygen atoms in total. The first kappa shape index (κ1) is 23.8. The normalized spacial score (nSPS) is 20.1. The monoisotopic (exact) mass is 528 g/mol. The molecule has 1 aliphatic heterocycles. The second-order valence-electron chi connectivity index (χ2n) is 10.5. The van der Waals surface area contributed by atoms with E-state index in [-0.39, 0.29) is 5.56 Å². The molecule has 2 aliphatic rings. The molecule has 39 heavy (non-hydrogen) atoms. The first-order valence-electron chi connectivity index (χ1n) is 13.1. The number of fused-ring (bicyclic) bond motifs is 11. The van der Waals surface area contributed by atoms with Gasteiger partial charge in [-0.15, -0.1) is 0 Å². The average Bonchev–Trinajstić information content (AvgIpc) is 3.18. The van der Waals surface area contributed by atoms with E-state index in [9.17, 15) is 18.7 Å². The van der Waals surface area contributed by atoms with Gasteiger partial charge in [-0.25, -0.2) is 23.5 Å². The number of hydrogen-bond acceptors (Lipinski definition) is 4. The summed E-state index contributed by atoms with van der Waals surface area (Å²) in [5, 5.41) is 10.6. The molecular formula is C30H26F2N4O3. The van der Waals surface area contributed by atoms with Gasteiger partial charge in [-0.3, -0.25) is 0 Å². The highest BCUT2D eigenvalue weighted by Crippen LogP contribution is 2.63. The molecule has 4 heterocycles. The van der Waals surface area contributed by atoms with Crippen molar-refractivity contribution in [2.45, 2.75) is 44.2 Å². The van der Waals surface area contributed by atoms with Crippen molar-refractivity contribution in [2.24, 2.45) is 5.92 Å². The molecule has 198 valence electrons. The number of methoxy groups -OCH3 is 1. The summed E-state index contributed by atoms with van der Waals surface area (Å²) in [6.45, 7) is 0.950. The van der Waals surface area contributed by atoms with Gasteiger partial charge in [0.1, 0.15) is 16.9 Å². The fourth-order valence-corrected chi connectivity index (χ4v) is 6.26. The Balaban J connectivity index is 1.50. The molecule has 1 fully saturated rings. The highest BCUT2D eigenvalue weighted by Gasteiger charge is 2.67. The lowest BCUT2D eigenvalue weighted by Gasteiger charge is -2.15. The van der Waals surface area contributed by atoms with Crippen LogP contribution in [0.15, 0.2) is 60.8 Å². The highest BCUT2D eigenvalue weighted by atomic mass is 19.3. The number of aromatic carboxylic acids is 1. The van der Waals surface area contributed by atoms with Gasteiger partial charge in [-0.2, -0.15) is 0 Å². The van der Waals surface area contributed by atoms with Crippen molar-refractivity contribution in [3.63, 3.8) is 0 Å². The summed E-state index contributed by atoms with van der Waals surface area (Å²) >= 11 is 0. The lowest BCUT2D eigenvalue weighted by molar-refractivity contribution is 0.0696. The number of benzene rings is 2. The van der Waals surface area contributed by atoms with Crippen LogP contribution in [0.4, 0.5) is 8.78 Å². The van der Waals surface area contributed by atoms with Crippen LogP contribution in [-0.4, -0.2) is 43.2 Å². The molecule has 2 atom stereocenters. The fraction of sp³-hybridized carbons (Fsp3) is 0.300. The van der Waals surface area contributed by atoms with Crippen molar-refractivity contribution in [1.82, 2.24) is 19.1 Å². The molecule has 5 aromatic rings. The summed E-state index contributed by atoms with van der Waals surface area (Å²) in [5.74, 6) is -4.16. The number of pyridine rings is 1. The number of rotatable bonds is 2. The summed E-state index contributed by atoms with van der Waals surface area (Å²) in [4.78, 5) is 21.4. The molecule has 0 radical (unpaired) electrons. The van der Waals surface area contributed by atoms with E-state index in [1.807, 2.05) is 41.0 Å². The van der Waals surface area contributed by atoms with Crippen LogP contribution in [0.3, 0.4) is 0 Å². The topological polar surface area (TPSA) is 82.2 Å². The molecular weight excluding hydrogens is 502 g/mol. The maximum Gasteiger partial charge on any atom is 0.335 e. The van der Waals surface area contributed by atoms with Crippen LogP contribution >= 0.6 is 0 Å². The van der Waals surface area contributed by atoms with Crippen molar-refractivity contribution in [3.05, 3.63) is 77.5 Å². The van der Waals surface area contributed by atoms with Crippen LogP contribution in [-0.2, 0) is 13.1 Å². The Morgan fingerprint density at radius 3 is 2.79 bits per heavy atom. The number of ether oxygens (including phenoxy) is 1. The van der Waals surface area contributed by atoms with Gasteiger partial charge in [0.25, 0.3) is 5.92 Å². The van der Waals surface area contributed by atoms with Gasteiger partial charge in [0, 0.05) is 30.6 Å². The zero-order chi connectivity index (χ0) is 26.9. The van der Waals surface area contributed by atoms with Crippen molar-refractivity contribution in [2.75, 3.05) is 7.11 Å². The van der Waals surface area contributed by atoms with Gasteiger partial charge in [0.15, 0.2) is 5.82 Å². The Morgan fingerprint density at radius 2 is 1.97 bits per heavy atom. The fourth-order valence-electron chi connectivity index (χ4n) is 6.26. The third-order valence-corrected chi connectivity index (χ3v) is 8.16. The molecule has 1 aliphatic carbocycles. The lowest BCUT2D eigenvalue weighted by atomic mass is 10.0. The van der Waals surface area contributed by atoms with Gasteiger partial charge >= 0.3 is 5.97 Å². The summed E-state index contributed by atoms with van der Waals surface area (Å²) in [5.41, 5.74) is 4.36. The van der Waals surface area contributed by atoms with Crippen molar-refractivity contribution < 1.29 is 23.4 Å². The number of aryl methyl sites for hydroxylation is 1. The molecule has 0 saturated heterocycles. The molecule has 1 N–H and O–H groups in total. The van der Waals surface area contributed by atoms with E-state index in [1.54, 1.807) is 18.3 Å². The zero-order valence-electron chi connectivity index (χ0n) is 21.3. The zero-order valence-corrected chi connectivity index (χ0v) is 21.3. The molecule has 3 aromatic heterocycles. The summed E-state index contributed by atoms with van der Waals surface area (Å²) in [6, 6.07) is 16.4. The third-order valence-electron chi connectivity index (χ3n) is 8.16. The number of aromatic nitrogens is 4. The molecule has 9 heteroatoms. The van der Waals surface area contributed by atoms with Crippen LogP contribution in [0, 0.1) is 5.92 Å². The van der Waals surface area contributed by atoms with E-state index in [4.69, 9.17) is 9.72 Å². The van der Waals surface area contributed by atoms with E-state index in [0.29, 0.717) is 54.1 Å². The Labute approximate surface area is 222 Å². The lowest BCUT2D eigenvalue weighted by Crippen LogP contribution is -2.08. The number of halogens is 2. The van der Waals surface area contributed by atoms with Gasteiger partial charge in [-0.1, -0.05) is 30.7 Å². The van der Waals surface area contributed by atoms with Crippen LogP contribution in [0.1, 0.15) is 46.7 Å². The number of nitrogens with zero attached hydrogens (tertiary/aromatic N) is 4. The Kier molecular flexibility index (Phi) is 5.27. The number of imidazole rings is 1.